The molecule has 0 spiro atoms. The van der Waals surface area contributed by atoms with Crippen LogP contribution in [-0.4, -0.2) is 25.0 Å². The fourth-order valence-corrected chi connectivity index (χ4v) is 1.81. The molecule has 1 aromatic rings. The highest BCUT2D eigenvalue weighted by Gasteiger charge is 2.20. The summed E-state index contributed by atoms with van der Waals surface area (Å²) in [7, 11) is 2.12. The topological polar surface area (TPSA) is 15.3 Å². The molecule has 0 aromatic heterocycles. The van der Waals surface area contributed by atoms with Gasteiger partial charge in [-0.05, 0) is 24.7 Å². The molecule has 0 radical (unpaired) electrons. The first-order chi connectivity index (χ1) is 6.27. The first kappa shape index (κ1) is 9.00. The molecule has 3 heteroatoms. The lowest BCUT2D eigenvalue weighted by Crippen LogP contribution is -2.23. The molecule has 1 fully saturated rings. The number of hydrogen-bond donors (Lipinski definition) is 1. The average Bonchev–Trinajstić information content (AvgIpc) is 2.53. The summed E-state index contributed by atoms with van der Waals surface area (Å²) in [6.45, 7) is 2.16. The van der Waals surface area contributed by atoms with E-state index in [1.165, 1.54) is 5.56 Å². The molecular weight excluding hydrogens is 184 g/mol. The number of likely N-dealkylation sites (N-methyl/N-ethyl adjacent to an activating group) is 1. The van der Waals surface area contributed by atoms with Crippen molar-refractivity contribution in [3.05, 3.63) is 34.9 Å². The Balaban J connectivity index is 2.20. The van der Waals surface area contributed by atoms with Crippen LogP contribution in [0, 0.1) is 0 Å². The van der Waals surface area contributed by atoms with E-state index in [9.17, 15) is 0 Å². The number of nitrogens with one attached hydrogen (secondary N) is 1. The second-order valence-corrected chi connectivity index (χ2v) is 3.83. The van der Waals surface area contributed by atoms with Crippen LogP contribution in [0.3, 0.4) is 0 Å². The summed E-state index contributed by atoms with van der Waals surface area (Å²) >= 11 is 5.82. The van der Waals surface area contributed by atoms with Crippen molar-refractivity contribution in [3.8, 4) is 0 Å². The number of rotatable bonds is 1. The smallest absolute Gasteiger partial charge is 0.0859 e. The Morgan fingerprint density at radius 1 is 1.38 bits per heavy atom. The van der Waals surface area contributed by atoms with E-state index in [0.29, 0.717) is 6.17 Å². The first-order valence-corrected chi connectivity index (χ1v) is 4.84. The van der Waals surface area contributed by atoms with Gasteiger partial charge >= 0.3 is 0 Å². The Bertz CT molecular complexity index is 283. The Hall–Kier alpha value is -0.570. The van der Waals surface area contributed by atoms with Crippen molar-refractivity contribution >= 4 is 11.6 Å². The molecule has 1 saturated heterocycles. The molecule has 13 heavy (non-hydrogen) atoms. The molecule has 1 aliphatic rings. The number of nitrogens with zero attached hydrogens (tertiary/aromatic N) is 1. The van der Waals surface area contributed by atoms with Crippen molar-refractivity contribution < 1.29 is 0 Å². The van der Waals surface area contributed by atoms with Gasteiger partial charge in [-0.1, -0.05) is 23.7 Å². The van der Waals surface area contributed by atoms with Gasteiger partial charge in [-0.3, -0.25) is 10.2 Å². The highest BCUT2D eigenvalue weighted by Crippen LogP contribution is 2.21. The van der Waals surface area contributed by atoms with Crippen molar-refractivity contribution in [1.29, 1.82) is 0 Å². The standard InChI is InChI=1S/C10H13ClN2/c1-13-7-6-12-10(13)8-2-4-9(11)5-3-8/h2-5,10,12H,6-7H2,1H3. The van der Waals surface area contributed by atoms with Crippen LogP contribution in [0.5, 0.6) is 0 Å². The summed E-state index contributed by atoms with van der Waals surface area (Å²) in [5, 5.41) is 4.22. The molecule has 1 heterocycles. The normalized spacial score (nSPS) is 23.7. The second-order valence-electron chi connectivity index (χ2n) is 3.39. The van der Waals surface area contributed by atoms with Crippen LogP contribution >= 0.6 is 11.6 Å². The predicted molar refractivity (Wildman–Crippen MR) is 54.8 cm³/mol. The zero-order chi connectivity index (χ0) is 9.26. The maximum absolute atomic E-state index is 5.82. The fourth-order valence-electron chi connectivity index (χ4n) is 1.68. The molecule has 0 bridgehead atoms. The Morgan fingerprint density at radius 2 is 2.08 bits per heavy atom. The lowest BCUT2D eigenvalue weighted by molar-refractivity contribution is 0.301. The van der Waals surface area contributed by atoms with E-state index >= 15 is 0 Å². The second kappa shape index (κ2) is 3.66. The average molecular weight is 197 g/mol. The van der Waals surface area contributed by atoms with Crippen molar-refractivity contribution in [3.63, 3.8) is 0 Å². The van der Waals surface area contributed by atoms with E-state index in [-0.39, 0.29) is 0 Å². The van der Waals surface area contributed by atoms with Gasteiger partial charge in [-0.15, -0.1) is 0 Å². The maximum Gasteiger partial charge on any atom is 0.0859 e. The van der Waals surface area contributed by atoms with Crippen LogP contribution in [0.25, 0.3) is 0 Å². The Kier molecular flexibility index (Phi) is 2.54. The molecule has 0 aliphatic carbocycles. The molecule has 1 N–H and O–H groups in total. The van der Waals surface area contributed by atoms with Crippen LogP contribution in [0.15, 0.2) is 24.3 Å². The zero-order valence-corrected chi connectivity index (χ0v) is 8.38. The van der Waals surface area contributed by atoms with Crippen molar-refractivity contribution in [2.24, 2.45) is 0 Å². The van der Waals surface area contributed by atoms with Gasteiger partial charge in [-0.25, -0.2) is 0 Å². The molecule has 70 valence electrons. The summed E-state index contributed by atoms with van der Waals surface area (Å²) in [6.07, 6.45) is 0.359. The summed E-state index contributed by atoms with van der Waals surface area (Å²) in [4.78, 5) is 2.29. The largest absolute Gasteiger partial charge is 0.297 e. The highest BCUT2D eigenvalue weighted by atomic mass is 35.5. The summed E-state index contributed by atoms with van der Waals surface area (Å²) in [6, 6.07) is 8.01. The van der Waals surface area contributed by atoms with E-state index in [1.54, 1.807) is 0 Å². The van der Waals surface area contributed by atoms with Crippen LogP contribution < -0.4 is 5.32 Å². The third-order valence-corrected chi connectivity index (χ3v) is 2.68. The predicted octanol–water partition coefficient (Wildman–Crippen LogP) is 1.87. The van der Waals surface area contributed by atoms with Crippen LogP contribution in [0.2, 0.25) is 5.02 Å². The number of benzene rings is 1. The molecule has 2 rings (SSSR count). The first-order valence-electron chi connectivity index (χ1n) is 4.46. The molecule has 1 aliphatic heterocycles. The quantitative estimate of drug-likeness (QED) is 0.738. The summed E-state index contributed by atoms with van der Waals surface area (Å²) in [5.41, 5.74) is 1.28. The lowest BCUT2D eigenvalue weighted by Gasteiger charge is -2.19. The number of hydrogen-bond acceptors (Lipinski definition) is 2. The van der Waals surface area contributed by atoms with E-state index in [4.69, 9.17) is 11.6 Å². The molecular formula is C10H13ClN2. The fraction of sp³-hybridized carbons (Fsp3) is 0.400. The van der Waals surface area contributed by atoms with Gasteiger partial charge in [0.15, 0.2) is 0 Å². The monoisotopic (exact) mass is 196 g/mol. The van der Waals surface area contributed by atoms with Gasteiger partial charge in [0, 0.05) is 18.1 Å². The molecule has 1 unspecified atom stereocenters. The lowest BCUT2D eigenvalue weighted by atomic mass is 10.2. The van der Waals surface area contributed by atoms with Crippen molar-refractivity contribution in [2.45, 2.75) is 6.17 Å². The minimum atomic E-state index is 0.359. The van der Waals surface area contributed by atoms with Gasteiger partial charge < -0.3 is 0 Å². The third kappa shape index (κ3) is 1.85. The minimum Gasteiger partial charge on any atom is -0.297 e. The van der Waals surface area contributed by atoms with Crippen molar-refractivity contribution in [1.82, 2.24) is 10.2 Å². The molecule has 1 aromatic carbocycles. The van der Waals surface area contributed by atoms with Crippen LogP contribution in [0.1, 0.15) is 11.7 Å². The number of halogens is 1. The van der Waals surface area contributed by atoms with Gasteiger partial charge in [0.25, 0.3) is 0 Å². The van der Waals surface area contributed by atoms with Gasteiger partial charge in [0.1, 0.15) is 0 Å². The van der Waals surface area contributed by atoms with Crippen molar-refractivity contribution in [2.75, 3.05) is 20.1 Å². The Morgan fingerprint density at radius 3 is 2.62 bits per heavy atom. The van der Waals surface area contributed by atoms with Gasteiger partial charge in [0.05, 0.1) is 6.17 Å². The summed E-state index contributed by atoms with van der Waals surface area (Å²) < 4.78 is 0. The zero-order valence-electron chi connectivity index (χ0n) is 7.63. The molecule has 1 atom stereocenters. The van der Waals surface area contributed by atoms with Gasteiger partial charge in [-0.2, -0.15) is 0 Å². The summed E-state index contributed by atoms with van der Waals surface area (Å²) in [5.74, 6) is 0. The third-order valence-electron chi connectivity index (χ3n) is 2.43. The minimum absolute atomic E-state index is 0.359. The SMILES string of the molecule is CN1CCNC1c1ccc(Cl)cc1. The highest BCUT2D eigenvalue weighted by molar-refractivity contribution is 6.30. The van der Waals surface area contributed by atoms with E-state index < -0.39 is 0 Å². The van der Waals surface area contributed by atoms with E-state index in [2.05, 4.69) is 29.4 Å². The van der Waals surface area contributed by atoms with Crippen LogP contribution in [0.4, 0.5) is 0 Å². The maximum atomic E-state index is 5.82. The molecule has 0 saturated carbocycles. The van der Waals surface area contributed by atoms with E-state index in [0.717, 1.165) is 18.1 Å². The molecule has 2 nitrogen and oxygen atoms in total. The Labute approximate surface area is 83.5 Å². The van der Waals surface area contributed by atoms with E-state index in [1.807, 2.05) is 12.1 Å². The molecule has 0 amide bonds. The van der Waals surface area contributed by atoms with Crippen LogP contribution in [-0.2, 0) is 0 Å². The van der Waals surface area contributed by atoms with Gasteiger partial charge in [0.2, 0.25) is 0 Å².